The van der Waals surface area contributed by atoms with Gasteiger partial charge in [0.15, 0.2) is 11.5 Å². The van der Waals surface area contributed by atoms with E-state index in [4.69, 9.17) is 9.47 Å². The molecule has 2 aliphatic rings. The second-order valence-electron chi connectivity index (χ2n) is 4.76. The van der Waals surface area contributed by atoms with Crippen LogP contribution in [0.2, 0.25) is 0 Å². The molecule has 1 atom stereocenters. The Kier molecular flexibility index (Phi) is 3.67. The molecule has 0 spiro atoms. The fourth-order valence-electron chi connectivity index (χ4n) is 2.51. The van der Waals surface area contributed by atoms with E-state index >= 15 is 0 Å². The minimum absolute atomic E-state index is 0.111. The van der Waals surface area contributed by atoms with E-state index in [9.17, 15) is 13.2 Å². The zero-order chi connectivity index (χ0) is 14.9. The van der Waals surface area contributed by atoms with Gasteiger partial charge in [-0.15, -0.1) is 0 Å². The third-order valence-electron chi connectivity index (χ3n) is 3.50. The number of hydrogen-bond acceptors (Lipinski definition) is 6. The predicted molar refractivity (Wildman–Crippen MR) is 72.5 cm³/mol. The van der Waals surface area contributed by atoms with Crippen LogP contribution in [0.3, 0.4) is 0 Å². The quantitative estimate of drug-likeness (QED) is 0.612. The van der Waals surface area contributed by atoms with Gasteiger partial charge in [-0.3, -0.25) is 0 Å². The lowest BCUT2D eigenvalue weighted by Crippen LogP contribution is -2.34. The minimum Gasteiger partial charge on any atom is -0.486 e. The largest absolute Gasteiger partial charge is 0.486 e. The average molecular weight is 310 g/mol. The fourth-order valence-corrected chi connectivity index (χ4v) is 4.12. The highest BCUT2D eigenvalue weighted by atomic mass is 32.2. The summed E-state index contributed by atoms with van der Waals surface area (Å²) in [5.41, 5.74) is 0. The first-order valence-corrected chi connectivity index (χ1v) is 8.05. The molecule has 1 saturated heterocycles. The van der Waals surface area contributed by atoms with E-state index in [-0.39, 0.29) is 4.90 Å². The van der Waals surface area contributed by atoms with Crippen molar-refractivity contribution in [3.05, 3.63) is 18.2 Å². The predicted octanol–water partition coefficient (Wildman–Crippen LogP) is 0.904. The summed E-state index contributed by atoms with van der Waals surface area (Å²) in [6.45, 7) is 1.17. The molecule has 8 heteroatoms. The highest BCUT2D eigenvalue weighted by molar-refractivity contribution is 7.89. The molecule has 1 aromatic carbocycles. The highest BCUT2D eigenvalue weighted by Gasteiger charge is 2.36. The van der Waals surface area contributed by atoms with E-state index in [0.717, 1.165) is 0 Å². The fraction of sp³-hybridized carbons (Fsp3) is 0.462. The molecule has 112 valence electrons. The van der Waals surface area contributed by atoms with Crippen molar-refractivity contribution in [1.82, 2.24) is 4.31 Å². The number of nitrogens with zero attached hydrogens (tertiary/aromatic N) is 2. The van der Waals surface area contributed by atoms with Gasteiger partial charge < -0.3 is 9.47 Å². The molecule has 1 unspecified atom stereocenters. The Morgan fingerprint density at radius 3 is 2.76 bits per heavy atom. The van der Waals surface area contributed by atoms with Crippen LogP contribution in [0.15, 0.2) is 28.1 Å². The number of aliphatic imine (C=N–C) groups is 1. The molecule has 0 radical (unpaired) electrons. The first-order chi connectivity index (χ1) is 10.1. The second kappa shape index (κ2) is 5.48. The first-order valence-electron chi connectivity index (χ1n) is 6.61. The topological polar surface area (TPSA) is 85.3 Å². The number of carbonyl (C=O) groups excluding carboxylic acids is 1. The Balaban J connectivity index is 1.96. The van der Waals surface area contributed by atoms with Gasteiger partial charge in [-0.1, -0.05) is 0 Å². The lowest BCUT2D eigenvalue weighted by atomic mass is 10.3. The van der Waals surface area contributed by atoms with Crippen LogP contribution in [-0.2, 0) is 14.8 Å². The molecule has 0 N–H and O–H groups in total. The second-order valence-corrected chi connectivity index (χ2v) is 6.66. The van der Waals surface area contributed by atoms with Crippen LogP contribution in [0, 0.1) is 0 Å². The van der Waals surface area contributed by atoms with Crippen molar-refractivity contribution in [3.63, 3.8) is 0 Å². The number of hydrogen-bond donors (Lipinski definition) is 0. The summed E-state index contributed by atoms with van der Waals surface area (Å²) in [6, 6.07) is 4.50. The Morgan fingerprint density at radius 1 is 1.24 bits per heavy atom. The molecular weight excluding hydrogens is 296 g/mol. The minimum atomic E-state index is -3.72. The standard InChI is InChI=1S/C13H14N2O5S/c16-9-14-13-2-1-5-15(13)21(17,18)10-3-4-11-12(8-10)20-7-6-19-11/h3-4,8,13H,1-2,5-7H2. The molecule has 0 saturated carbocycles. The molecule has 0 amide bonds. The number of ether oxygens (including phenoxy) is 2. The van der Waals surface area contributed by atoms with Crippen LogP contribution >= 0.6 is 0 Å². The third kappa shape index (κ3) is 2.53. The van der Waals surface area contributed by atoms with Crippen LogP contribution in [0.25, 0.3) is 0 Å². The first kappa shape index (κ1) is 14.1. The molecular formula is C13H14N2O5S. The number of fused-ring (bicyclic) bond motifs is 1. The van der Waals surface area contributed by atoms with Gasteiger partial charge in [0.2, 0.25) is 16.1 Å². The lowest BCUT2D eigenvalue weighted by Gasteiger charge is -2.22. The summed E-state index contributed by atoms with van der Waals surface area (Å²) in [5.74, 6) is 0.945. The molecule has 2 aliphatic heterocycles. The molecule has 1 aromatic rings. The van der Waals surface area contributed by atoms with Crippen molar-refractivity contribution in [3.8, 4) is 11.5 Å². The SMILES string of the molecule is O=C=NC1CCCN1S(=O)(=O)c1ccc2c(c1)OCCO2. The van der Waals surface area contributed by atoms with Crippen molar-refractivity contribution < 1.29 is 22.7 Å². The monoisotopic (exact) mass is 310 g/mol. The van der Waals surface area contributed by atoms with Crippen molar-refractivity contribution >= 4 is 16.1 Å². The average Bonchev–Trinajstić information content (AvgIpc) is 2.96. The summed E-state index contributed by atoms with van der Waals surface area (Å²) in [5, 5.41) is 0. The molecule has 0 aliphatic carbocycles. The Labute approximate surface area is 122 Å². The van der Waals surface area contributed by atoms with Gasteiger partial charge in [-0.25, -0.2) is 13.2 Å². The number of benzene rings is 1. The summed E-state index contributed by atoms with van der Waals surface area (Å²) >= 11 is 0. The van der Waals surface area contributed by atoms with E-state index in [0.29, 0.717) is 44.1 Å². The van der Waals surface area contributed by atoms with Crippen LogP contribution in [0.1, 0.15) is 12.8 Å². The Morgan fingerprint density at radius 2 is 2.00 bits per heavy atom. The molecule has 1 fully saturated rings. The van der Waals surface area contributed by atoms with E-state index < -0.39 is 16.2 Å². The van der Waals surface area contributed by atoms with E-state index in [1.54, 1.807) is 6.07 Å². The summed E-state index contributed by atoms with van der Waals surface area (Å²) in [7, 11) is -3.72. The Bertz CT molecular complexity index is 697. The molecule has 0 aromatic heterocycles. The maximum Gasteiger partial charge on any atom is 0.245 e. The van der Waals surface area contributed by atoms with E-state index in [1.807, 2.05) is 0 Å². The molecule has 2 heterocycles. The summed E-state index contributed by atoms with van der Waals surface area (Å²) in [4.78, 5) is 14.1. The van der Waals surface area contributed by atoms with Gasteiger partial charge in [-0.2, -0.15) is 9.30 Å². The van der Waals surface area contributed by atoms with Gasteiger partial charge in [0.05, 0.1) is 4.90 Å². The van der Waals surface area contributed by atoms with Gasteiger partial charge in [0, 0.05) is 12.6 Å². The Hall–Kier alpha value is -1.89. The van der Waals surface area contributed by atoms with Crippen LogP contribution in [0.4, 0.5) is 0 Å². The van der Waals surface area contributed by atoms with E-state index in [2.05, 4.69) is 4.99 Å². The lowest BCUT2D eigenvalue weighted by molar-refractivity contribution is 0.171. The molecule has 7 nitrogen and oxygen atoms in total. The van der Waals surface area contributed by atoms with Gasteiger partial charge >= 0.3 is 0 Å². The van der Waals surface area contributed by atoms with Crippen molar-refractivity contribution in [1.29, 1.82) is 0 Å². The smallest absolute Gasteiger partial charge is 0.245 e. The normalized spacial score (nSPS) is 21.8. The van der Waals surface area contributed by atoms with Crippen molar-refractivity contribution in [2.45, 2.75) is 23.9 Å². The molecule has 3 rings (SSSR count). The zero-order valence-electron chi connectivity index (χ0n) is 11.2. The summed E-state index contributed by atoms with van der Waals surface area (Å²) < 4.78 is 37.3. The van der Waals surface area contributed by atoms with Crippen molar-refractivity contribution in [2.75, 3.05) is 19.8 Å². The van der Waals surface area contributed by atoms with Gasteiger partial charge in [0.1, 0.15) is 19.4 Å². The summed E-state index contributed by atoms with van der Waals surface area (Å²) in [6.07, 6.45) is 1.96. The zero-order valence-corrected chi connectivity index (χ0v) is 12.0. The van der Waals surface area contributed by atoms with Gasteiger partial charge in [-0.05, 0) is 25.0 Å². The van der Waals surface area contributed by atoms with Crippen molar-refractivity contribution in [2.24, 2.45) is 4.99 Å². The van der Waals surface area contributed by atoms with Crippen LogP contribution in [-0.4, -0.2) is 44.7 Å². The van der Waals surface area contributed by atoms with Crippen LogP contribution < -0.4 is 9.47 Å². The van der Waals surface area contributed by atoms with Gasteiger partial charge in [0.25, 0.3) is 0 Å². The number of rotatable bonds is 3. The highest BCUT2D eigenvalue weighted by Crippen LogP contribution is 2.34. The molecule has 0 bridgehead atoms. The molecule has 21 heavy (non-hydrogen) atoms. The number of isocyanates is 1. The number of sulfonamides is 1. The maximum atomic E-state index is 12.6. The van der Waals surface area contributed by atoms with Crippen LogP contribution in [0.5, 0.6) is 11.5 Å². The van der Waals surface area contributed by atoms with E-state index in [1.165, 1.54) is 22.5 Å². The third-order valence-corrected chi connectivity index (χ3v) is 5.39. The maximum absolute atomic E-state index is 12.6.